The Kier molecular flexibility index (Phi) is 10.3. The maximum atomic E-state index is 12.7. The first kappa shape index (κ1) is 27.1. The monoisotopic (exact) mass is 492 g/mol. The van der Waals surface area contributed by atoms with Crippen LogP contribution in [0.3, 0.4) is 0 Å². The van der Waals surface area contributed by atoms with E-state index in [0.717, 1.165) is 12.8 Å². The number of nitrogens with zero attached hydrogens (tertiary/aromatic N) is 1. The molecule has 0 aromatic heterocycles. The minimum absolute atomic E-state index is 0.0688. The summed E-state index contributed by atoms with van der Waals surface area (Å²) < 4.78 is 42.7. The van der Waals surface area contributed by atoms with Crippen LogP contribution in [0.4, 0.5) is 5.69 Å². The van der Waals surface area contributed by atoms with Gasteiger partial charge in [-0.2, -0.15) is 4.31 Å². The Balaban J connectivity index is 2.00. The average molecular weight is 493 g/mol. The van der Waals surface area contributed by atoms with Gasteiger partial charge in [0.25, 0.3) is 5.91 Å². The predicted molar refractivity (Wildman–Crippen MR) is 129 cm³/mol. The van der Waals surface area contributed by atoms with Gasteiger partial charge in [0.15, 0.2) is 18.1 Å². The molecule has 0 spiro atoms. The number of carbonyl (C=O) groups excluding carboxylic acids is 2. The maximum Gasteiger partial charge on any atom is 0.338 e. The molecular formula is C24H32N2O7S. The number of unbranched alkanes of at least 4 members (excludes halogenated alkanes) is 1. The van der Waals surface area contributed by atoms with Crippen molar-refractivity contribution in [1.29, 1.82) is 0 Å². The van der Waals surface area contributed by atoms with Gasteiger partial charge in [-0.05, 0) is 42.8 Å². The number of esters is 1. The lowest BCUT2D eigenvalue weighted by Gasteiger charge is -2.18. The Morgan fingerprint density at radius 1 is 1.00 bits per heavy atom. The topological polar surface area (TPSA) is 111 Å². The molecule has 0 radical (unpaired) electrons. The third-order valence-electron chi connectivity index (χ3n) is 4.95. The number of hydrogen-bond acceptors (Lipinski definition) is 7. The fourth-order valence-electron chi connectivity index (χ4n) is 3.10. The Hall–Kier alpha value is -3.11. The van der Waals surface area contributed by atoms with Crippen LogP contribution in [0.25, 0.3) is 0 Å². The smallest absolute Gasteiger partial charge is 0.338 e. The lowest BCUT2D eigenvalue weighted by molar-refractivity contribution is -0.119. The molecule has 0 fully saturated rings. The van der Waals surface area contributed by atoms with Crippen molar-refractivity contribution >= 4 is 27.6 Å². The van der Waals surface area contributed by atoms with Crippen molar-refractivity contribution in [3.8, 4) is 11.5 Å². The number of nitrogens with one attached hydrogen (secondary N) is 1. The van der Waals surface area contributed by atoms with Gasteiger partial charge < -0.3 is 19.5 Å². The minimum atomic E-state index is -3.66. The zero-order valence-corrected chi connectivity index (χ0v) is 20.8. The number of sulfonamides is 1. The molecule has 2 aromatic carbocycles. The highest BCUT2D eigenvalue weighted by Crippen LogP contribution is 2.28. The molecule has 1 N–H and O–H groups in total. The molecule has 0 unspecified atom stereocenters. The third kappa shape index (κ3) is 7.19. The van der Waals surface area contributed by atoms with Crippen LogP contribution in [0.5, 0.6) is 11.5 Å². The molecular weight excluding hydrogens is 460 g/mol. The van der Waals surface area contributed by atoms with Crippen molar-refractivity contribution in [3.05, 3.63) is 48.0 Å². The van der Waals surface area contributed by atoms with E-state index in [1.54, 1.807) is 26.0 Å². The number of anilines is 1. The van der Waals surface area contributed by atoms with Gasteiger partial charge in [-0.15, -0.1) is 0 Å². The minimum Gasteiger partial charge on any atom is -0.493 e. The number of rotatable bonds is 13. The van der Waals surface area contributed by atoms with Crippen LogP contribution in [0, 0.1) is 0 Å². The molecule has 0 aliphatic heterocycles. The van der Waals surface area contributed by atoms with Crippen LogP contribution in [0.1, 0.15) is 44.0 Å². The summed E-state index contributed by atoms with van der Waals surface area (Å²) in [6.07, 6.45) is 1.89. The van der Waals surface area contributed by atoms with Gasteiger partial charge in [-0.25, -0.2) is 13.2 Å². The first-order valence-corrected chi connectivity index (χ1v) is 12.6. The number of carbonyl (C=O) groups is 2. The number of hydrogen-bond donors (Lipinski definition) is 1. The highest BCUT2D eigenvalue weighted by Gasteiger charge is 2.22. The molecule has 0 aliphatic rings. The van der Waals surface area contributed by atoms with Gasteiger partial charge in [0.1, 0.15) is 0 Å². The first-order valence-electron chi connectivity index (χ1n) is 11.1. The zero-order chi connectivity index (χ0) is 25.1. The van der Waals surface area contributed by atoms with Gasteiger partial charge in [0.05, 0.1) is 24.2 Å². The van der Waals surface area contributed by atoms with Crippen LogP contribution in [0.2, 0.25) is 0 Å². The number of benzene rings is 2. The summed E-state index contributed by atoms with van der Waals surface area (Å²) in [5.74, 6) is -0.394. The van der Waals surface area contributed by atoms with Crippen molar-refractivity contribution in [2.24, 2.45) is 0 Å². The molecule has 0 bridgehead atoms. The van der Waals surface area contributed by atoms with Crippen molar-refractivity contribution in [2.75, 3.05) is 38.7 Å². The Bertz CT molecular complexity index is 1080. The molecule has 0 heterocycles. The predicted octanol–water partition coefficient (Wildman–Crippen LogP) is 3.70. The standard InChI is InChI=1S/C24H32N2O7S/c1-5-8-14-32-21-13-12-18(15-22(21)31-4)24(28)33-17-23(27)25-19-10-9-11-20(16-19)34(29,30)26(6-2)7-3/h9-13,15-16H,5-8,14,17H2,1-4H3,(H,25,27). The molecule has 34 heavy (non-hydrogen) atoms. The first-order chi connectivity index (χ1) is 16.3. The summed E-state index contributed by atoms with van der Waals surface area (Å²) in [6, 6.07) is 10.6. The summed E-state index contributed by atoms with van der Waals surface area (Å²) in [7, 11) is -2.19. The number of ether oxygens (including phenoxy) is 3. The molecule has 0 saturated carbocycles. The quantitative estimate of drug-likeness (QED) is 0.335. The van der Waals surface area contributed by atoms with Crippen molar-refractivity contribution in [3.63, 3.8) is 0 Å². The molecule has 0 saturated heterocycles. The van der Waals surface area contributed by atoms with Gasteiger partial charge in [0.2, 0.25) is 10.0 Å². The highest BCUT2D eigenvalue weighted by atomic mass is 32.2. The molecule has 10 heteroatoms. The molecule has 0 atom stereocenters. The van der Waals surface area contributed by atoms with Crippen LogP contribution in [0.15, 0.2) is 47.4 Å². The van der Waals surface area contributed by atoms with Crippen LogP contribution >= 0.6 is 0 Å². The Morgan fingerprint density at radius 2 is 1.74 bits per heavy atom. The van der Waals surface area contributed by atoms with E-state index in [9.17, 15) is 18.0 Å². The van der Waals surface area contributed by atoms with E-state index >= 15 is 0 Å². The second-order valence-electron chi connectivity index (χ2n) is 7.31. The van der Waals surface area contributed by atoms with Gasteiger partial charge in [0, 0.05) is 18.8 Å². The molecule has 0 aliphatic carbocycles. The molecule has 2 rings (SSSR count). The molecule has 9 nitrogen and oxygen atoms in total. The SMILES string of the molecule is CCCCOc1ccc(C(=O)OCC(=O)Nc2cccc(S(=O)(=O)N(CC)CC)c2)cc1OC. The van der Waals surface area contributed by atoms with Crippen molar-refractivity contribution in [1.82, 2.24) is 4.31 Å². The fourth-order valence-corrected chi connectivity index (χ4v) is 4.60. The highest BCUT2D eigenvalue weighted by molar-refractivity contribution is 7.89. The van der Waals surface area contributed by atoms with E-state index in [1.165, 1.54) is 41.7 Å². The number of methoxy groups -OCH3 is 1. The van der Waals surface area contributed by atoms with E-state index in [0.29, 0.717) is 31.2 Å². The van der Waals surface area contributed by atoms with Crippen LogP contribution in [-0.4, -0.2) is 58.0 Å². The summed E-state index contributed by atoms with van der Waals surface area (Å²) in [5.41, 5.74) is 0.490. The van der Waals surface area contributed by atoms with Gasteiger partial charge >= 0.3 is 5.97 Å². The summed E-state index contributed by atoms with van der Waals surface area (Å²) >= 11 is 0. The van der Waals surface area contributed by atoms with E-state index in [-0.39, 0.29) is 16.1 Å². The zero-order valence-electron chi connectivity index (χ0n) is 20.0. The second kappa shape index (κ2) is 13.0. The normalized spacial score (nSPS) is 11.2. The van der Waals surface area contributed by atoms with Crippen molar-refractivity contribution in [2.45, 2.75) is 38.5 Å². The van der Waals surface area contributed by atoms with Crippen molar-refractivity contribution < 1.29 is 32.2 Å². The van der Waals surface area contributed by atoms with E-state index in [4.69, 9.17) is 14.2 Å². The van der Waals surface area contributed by atoms with E-state index in [1.807, 2.05) is 0 Å². The van der Waals surface area contributed by atoms with E-state index in [2.05, 4.69) is 12.2 Å². The molecule has 186 valence electrons. The van der Waals surface area contributed by atoms with Crippen LogP contribution < -0.4 is 14.8 Å². The maximum absolute atomic E-state index is 12.7. The lowest BCUT2D eigenvalue weighted by Crippen LogP contribution is -2.30. The summed E-state index contributed by atoms with van der Waals surface area (Å²) in [4.78, 5) is 24.7. The molecule has 1 amide bonds. The average Bonchev–Trinajstić information content (AvgIpc) is 2.83. The fraction of sp³-hybridized carbons (Fsp3) is 0.417. The van der Waals surface area contributed by atoms with Crippen LogP contribution in [-0.2, 0) is 19.6 Å². The Labute approximate surface area is 201 Å². The molecule has 2 aromatic rings. The van der Waals surface area contributed by atoms with Gasteiger partial charge in [-0.1, -0.05) is 33.3 Å². The summed E-state index contributed by atoms with van der Waals surface area (Å²) in [6.45, 7) is 6.23. The lowest BCUT2D eigenvalue weighted by atomic mass is 10.2. The summed E-state index contributed by atoms with van der Waals surface area (Å²) in [5, 5.41) is 2.55. The van der Waals surface area contributed by atoms with Gasteiger partial charge in [-0.3, -0.25) is 4.79 Å². The Morgan fingerprint density at radius 3 is 2.38 bits per heavy atom. The van der Waals surface area contributed by atoms with E-state index < -0.39 is 28.5 Å². The third-order valence-corrected chi connectivity index (χ3v) is 7.00. The number of amides is 1. The largest absolute Gasteiger partial charge is 0.493 e. The second-order valence-corrected chi connectivity index (χ2v) is 9.25.